The Hall–Kier alpha value is -0.610. The molecule has 0 aliphatic carbocycles. The second-order valence-electron chi connectivity index (χ2n) is 4.51. The third-order valence-corrected chi connectivity index (χ3v) is 4.43. The van der Waals surface area contributed by atoms with Gasteiger partial charge in [0.1, 0.15) is 5.82 Å². The number of nitrogens with zero attached hydrogens (tertiary/aromatic N) is 1. The average Bonchev–Trinajstić information content (AvgIpc) is 2.41. The van der Waals surface area contributed by atoms with Gasteiger partial charge in [0.2, 0.25) is 0 Å². The largest absolute Gasteiger partial charge is 0.339 e. The summed E-state index contributed by atoms with van der Waals surface area (Å²) in [5, 5.41) is 1.34. The van der Waals surface area contributed by atoms with Crippen LogP contribution >= 0.6 is 27.5 Å². The lowest BCUT2D eigenvalue weighted by Crippen LogP contribution is -2.39. The fourth-order valence-electron chi connectivity index (χ4n) is 2.12. The van der Waals surface area contributed by atoms with Gasteiger partial charge in [0.15, 0.2) is 0 Å². The Morgan fingerprint density at radius 3 is 2.72 bits per heavy atom. The molecule has 1 amide bonds. The molecule has 0 bridgehead atoms. The molecule has 2 nitrogen and oxygen atoms in total. The lowest BCUT2D eigenvalue weighted by molar-refractivity contribution is 0.0694. The number of rotatable bonds is 2. The molecule has 1 aromatic rings. The molecule has 1 aliphatic rings. The van der Waals surface area contributed by atoms with Crippen molar-refractivity contribution in [3.8, 4) is 0 Å². The second-order valence-corrected chi connectivity index (χ2v) is 5.60. The van der Waals surface area contributed by atoms with Crippen molar-refractivity contribution in [3.05, 3.63) is 34.6 Å². The van der Waals surface area contributed by atoms with Crippen LogP contribution in [-0.4, -0.2) is 29.2 Å². The van der Waals surface area contributed by atoms with E-state index in [1.807, 2.05) is 0 Å². The normalized spacial score (nSPS) is 16.9. The number of carbonyl (C=O) groups excluding carboxylic acids is 1. The van der Waals surface area contributed by atoms with Crippen LogP contribution in [0, 0.1) is 11.7 Å². The molecule has 0 atom stereocenters. The van der Waals surface area contributed by atoms with Gasteiger partial charge in [-0.3, -0.25) is 4.79 Å². The molecule has 1 heterocycles. The lowest BCUT2D eigenvalue weighted by atomic mass is 9.98. The summed E-state index contributed by atoms with van der Waals surface area (Å²) in [5.41, 5.74) is 0.0693. The number of carbonyl (C=O) groups is 1. The van der Waals surface area contributed by atoms with Crippen LogP contribution in [0.2, 0.25) is 5.02 Å². The molecule has 0 radical (unpaired) electrons. The average molecular weight is 335 g/mol. The Balaban J connectivity index is 2.10. The molecule has 1 saturated heterocycles. The fraction of sp³-hybridized carbons (Fsp3) is 0.462. The van der Waals surface area contributed by atoms with Crippen LogP contribution in [0.25, 0.3) is 0 Å². The number of benzene rings is 1. The monoisotopic (exact) mass is 333 g/mol. The summed E-state index contributed by atoms with van der Waals surface area (Å²) in [4.78, 5) is 13.9. The van der Waals surface area contributed by atoms with E-state index in [2.05, 4.69) is 15.9 Å². The van der Waals surface area contributed by atoms with E-state index in [1.165, 1.54) is 18.2 Å². The molecule has 0 N–H and O–H groups in total. The Labute approximate surface area is 119 Å². The maximum absolute atomic E-state index is 13.6. The van der Waals surface area contributed by atoms with Gasteiger partial charge in [-0.05, 0) is 37.0 Å². The van der Waals surface area contributed by atoms with E-state index in [9.17, 15) is 9.18 Å². The topological polar surface area (TPSA) is 20.3 Å². The smallest absolute Gasteiger partial charge is 0.256 e. The number of alkyl halides is 1. The Morgan fingerprint density at radius 1 is 1.44 bits per heavy atom. The summed E-state index contributed by atoms with van der Waals surface area (Å²) in [6, 6.07) is 4.08. The Morgan fingerprint density at radius 2 is 2.11 bits per heavy atom. The van der Waals surface area contributed by atoms with E-state index in [0.29, 0.717) is 24.0 Å². The number of halogens is 3. The Kier molecular flexibility index (Phi) is 4.62. The third kappa shape index (κ3) is 3.04. The van der Waals surface area contributed by atoms with E-state index < -0.39 is 5.82 Å². The lowest BCUT2D eigenvalue weighted by Gasteiger charge is -2.31. The predicted molar refractivity (Wildman–Crippen MR) is 73.8 cm³/mol. The molecule has 1 aliphatic heterocycles. The van der Waals surface area contributed by atoms with Gasteiger partial charge in [0, 0.05) is 23.4 Å². The molecule has 2 rings (SSSR count). The number of amides is 1. The minimum Gasteiger partial charge on any atom is -0.339 e. The quantitative estimate of drug-likeness (QED) is 0.755. The first-order valence-electron chi connectivity index (χ1n) is 5.92. The third-order valence-electron chi connectivity index (χ3n) is 3.28. The first kappa shape index (κ1) is 13.8. The van der Waals surface area contributed by atoms with E-state index in [1.54, 1.807) is 4.90 Å². The highest BCUT2D eigenvalue weighted by Gasteiger charge is 2.24. The van der Waals surface area contributed by atoms with Crippen molar-refractivity contribution in [1.29, 1.82) is 0 Å². The highest BCUT2D eigenvalue weighted by atomic mass is 79.9. The number of hydrogen-bond donors (Lipinski definition) is 0. The standard InChI is InChI=1S/C13H14BrClFNO/c14-8-9-3-5-17(6-4-9)13(18)11-7-10(15)1-2-12(11)16/h1-2,7,9H,3-6,8H2. The van der Waals surface area contributed by atoms with E-state index >= 15 is 0 Å². The van der Waals surface area contributed by atoms with Crippen LogP contribution in [0.1, 0.15) is 23.2 Å². The van der Waals surface area contributed by atoms with Crippen molar-refractivity contribution < 1.29 is 9.18 Å². The van der Waals surface area contributed by atoms with Crippen LogP contribution in [0.3, 0.4) is 0 Å². The second kappa shape index (κ2) is 6.02. The van der Waals surface area contributed by atoms with E-state index in [-0.39, 0.29) is 11.5 Å². The van der Waals surface area contributed by atoms with Gasteiger partial charge in [-0.2, -0.15) is 0 Å². The number of piperidine rings is 1. The molecule has 98 valence electrons. The van der Waals surface area contributed by atoms with Gasteiger partial charge >= 0.3 is 0 Å². The van der Waals surface area contributed by atoms with Crippen LogP contribution in [0.5, 0.6) is 0 Å². The summed E-state index contributed by atoms with van der Waals surface area (Å²) in [6.07, 6.45) is 1.92. The molecular weight excluding hydrogens is 321 g/mol. The molecule has 0 spiro atoms. The Bertz CT molecular complexity index is 447. The van der Waals surface area contributed by atoms with Crippen molar-refractivity contribution in [2.24, 2.45) is 5.92 Å². The molecule has 1 aromatic carbocycles. The van der Waals surface area contributed by atoms with Gasteiger partial charge in [-0.15, -0.1) is 0 Å². The predicted octanol–water partition coefficient (Wildman–Crippen LogP) is 3.73. The zero-order chi connectivity index (χ0) is 13.1. The fourth-order valence-corrected chi connectivity index (χ4v) is 2.94. The van der Waals surface area contributed by atoms with Crippen molar-refractivity contribution in [2.75, 3.05) is 18.4 Å². The van der Waals surface area contributed by atoms with E-state index in [0.717, 1.165) is 18.2 Å². The van der Waals surface area contributed by atoms with Gasteiger partial charge in [0.25, 0.3) is 5.91 Å². The maximum atomic E-state index is 13.6. The molecule has 0 aromatic heterocycles. The molecule has 1 fully saturated rings. The first-order chi connectivity index (χ1) is 8.61. The van der Waals surface area contributed by atoms with E-state index in [4.69, 9.17) is 11.6 Å². The maximum Gasteiger partial charge on any atom is 0.256 e. The molecule has 0 saturated carbocycles. The van der Waals surface area contributed by atoms with Crippen molar-refractivity contribution in [3.63, 3.8) is 0 Å². The van der Waals surface area contributed by atoms with Gasteiger partial charge < -0.3 is 4.90 Å². The van der Waals surface area contributed by atoms with Crippen LogP contribution in [0.4, 0.5) is 4.39 Å². The summed E-state index contributed by atoms with van der Waals surface area (Å²) >= 11 is 9.25. The van der Waals surface area contributed by atoms with Crippen LogP contribution in [0.15, 0.2) is 18.2 Å². The van der Waals surface area contributed by atoms with Crippen molar-refractivity contribution >= 4 is 33.4 Å². The zero-order valence-electron chi connectivity index (χ0n) is 9.83. The SMILES string of the molecule is O=C(c1cc(Cl)ccc1F)N1CCC(CBr)CC1. The summed E-state index contributed by atoms with van der Waals surface area (Å²) in [6.45, 7) is 1.36. The first-order valence-corrected chi connectivity index (χ1v) is 7.42. The van der Waals surface area contributed by atoms with Crippen LogP contribution in [-0.2, 0) is 0 Å². The van der Waals surface area contributed by atoms with Crippen molar-refractivity contribution in [2.45, 2.75) is 12.8 Å². The molecule has 0 unspecified atom stereocenters. The van der Waals surface area contributed by atoms with Gasteiger partial charge in [0.05, 0.1) is 5.56 Å². The van der Waals surface area contributed by atoms with Gasteiger partial charge in [-0.25, -0.2) is 4.39 Å². The molecule has 18 heavy (non-hydrogen) atoms. The highest BCUT2D eigenvalue weighted by molar-refractivity contribution is 9.09. The number of likely N-dealkylation sites (tertiary alicyclic amines) is 1. The molecule has 5 heteroatoms. The summed E-state index contributed by atoms with van der Waals surface area (Å²) < 4.78 is 13.6. The minimum atomic E-state index is -0.507. The zero-order valence-corrected chi connectivity index (χ0v) is 12.2. The van der Waals surface area contributed by atoms with Crippen molar-refractivity contribution in [1.82, 2.24) is 4.90 Å². The highest BCUT2D eigenvalue weighted by Crippen LogP contribution is 2.22. The van der Waals surface area contributed by atoms with Gasteiger partial charge in [-0.1, -0.05) is 27.5 Å². The molecular formula is C13H14BrClFNO. The summed E-state index contributed by atoms with van der Waals surface area (Å²) in [5.74, 6) is -0.159. The number of hydrogen-bond acceptors (Lipinski definition) is 1. The minimum absolute atomic E-state index is 0.0693. The summed E-state index contributed by atoms with van der Waals surface area (Å²) in [7, 11) is 0. The van der Waals surface area contributed by atoms with Crippen LogP contribution < -0.4 is 0 Å².